The zero-order chi connectivity index (χ0) is 11.8. The van der Waals surface area contributed by atoms with E-state index in [9.17, 15) is 4.79 Å². The Kier molecular flexibility index (Phi) is 3.06. The first-order valence-corrected chi connectivity index (χ1v) is 8.31. The molecule has 0 fully saturated rings. The van der Waals surface area contributed by atoms with Crippen molar-refractivity contribution in [2.45, 2.75) is 19.6 Å². The number of aromatic nitrogens is 1. The van der Waals surface area contributed by atoms with Gasteiger partial charge in [-0.25, -0.2) is 9.78 Å². The Morgan fingerprint density at radius 2 is 2.07 bits per heavy atom. The Labute approximate surface area is 94.1 Å². The average molecular weight is 245 g/mol. The Balaban J connectivity index is 3.43. The summed E-state index contributed by atoms with van der Waals surface area (Å²) in [5, 5.41) is 9.64. The first kappa shape index (κ1) is 12.0. The van der Waals surface area contributed by atoms with Gasteiger partial charge in [0.25, 0.3) is 0 Å². The zero-order valence-corrected chi connectivity index (χ0v) is 10.6. The summed E-state index contributed by atoms with van der Waals surface area (Å²) in [6.07, 6.45) is 0. The number of rotatable bonds is 2. The molecule has 6 heteroatoms. The van der Waals surface area contributed by atoms with Crippen LogP contribution in [0.3, 0.4) is 0 Å². The summed E-state index contributed by atoms with van der Waals surface area (Å²) in [4.78, 5) is 14.9. The standard InChI is InChI=1S/C9H13ClN2O2Si/c1-15(2,3)8-6(11)4-5(10)7(12-8)9(13)14/h4H,11H2,1-3H3,(H,13,14). The van der Waals surface area contributed by atoms with Crippen molar-refractivity contribution in [1.82, 2.24) is 4.98 Å². The molecule has 0 amide bonds. The molecule has 0 unspecified atom stereocenters. The van der Waals surface area contributed by atoms with Crippen molar-refractivity contribution in [3.8, 4) is 0 Å². The fourth-order valence-electron chi connectivity index (χ4n) is 1.25. The van der Waals surface area contributed by atoms with Gasteiger partial charge in [-0.1, -0.05) is 31.2 Å². The molecule has 0 aliphatic heterocycles. The molecule has 0 bridgehead atoms. The van der Waals surface area contributed by atoms with Crippen LogP contribution in [-0.4, -0.2) is 24.1 Å². The summed E-state index contributed by atoms with van der Waals surface area (Å²) >= 11 is 5.74. The molecular weight excluding hydrogens is 232 g/mol. The summed E-state index contributed by atoms with van der Waals surface area (Å²) in [6, 6.07) is 1.46. The smallest absolute Gasteiger partial charge is 0.356 e. The molecule has 4 nitrogen and oxygen atoms in total. The molecule has 1 rings (SSSR count). The fraction of sp³-hybridized carbons (Fsp3) is 0.333. The van der Waals surface area contributed by atoms with Gasteiger partial charge < -0.3 is 10.8 Å². The summed E-state index contributed by atoms with van der Waals surface area (Å²) < 4.78 is 0. The number of carbonyl (C=O) groups is 1. The van der Waals surface area contributed by atoms with Crippen molar-refractivity contribution >= 4 is 36.6 Å². The van der Waals surface area contributed by atoms with Crippen LogP contribution in [0.15, 0.2) is 6.07 Å². The zero-order valence-electron chi connectivity index (χ0n) is 8.84. The fourth-order valence-corrected chi connectivity index (χ4v) is 2.88. The second kappa shape index (κ2) is 3.82. The second-order valence-electron chi connectivity index (χ2n) is 4.31. The third kappa shape index (κ3) is 2.48. The third-order valence-electron chi connectivity index (χ3n) is 1.92. The van der Waals surface area contributed by atoms with Crippen molar-refractivity contribution < 1.29 is 9.90 Å². The van der Waals surface area contributed by atoms with Gasteiger partial charge in [-0.2, -0.15) is 0 Å². The maximum Gasteiger partial charge on any atom is 0.356 e. The van der Waals surface area contributed by atoms with Crippen LogP contribution in [0.4, 0.5) is 5.69 Å². The normalized spacial score (nSPS) is 11.5. The minimum Gasteiger partial charge on any atom is -0.476 e. The average Bonchev–Trinajstić information content (AvgIpc) is 2.00. The van der Waals surface area contributed by atoms with Crippen molar-refractivity contribution in [3.05, 3.63) is 16.8 Å². The highest BCUT2D eigenvalue weighted by atomic mass is 35.5. The molecule has 0 spiro atoms. The maximum absolute atomic E-state index is 10.8. The largest absolute Gasteiger partial charge is 0.476 e. The van der Waals surface area contributed by atoms with E-state index in [1.807, 2.05) is 19.6 Å². The number of halogens is 1. The molecule has 0 atom stereocenters. The molecule has 0 saturated heterocycles. The third-order valence-corrected chi connectivity index (χ3v) is 4.03. The molecule has 3 N–H and O–H groups in total. The Bertz CT molecular complexity index is 415. The molecule has 1 aromatic rings. The first-order chi connectivity index (χ1) is 6.73. The van der Waals surface area contributed by atoms with Crippen LogP contribution in [0.2, 0.25) is 24.7 Å². The Hall–Kier alpha value is -1.07. The van der Waals surface area contributed by atoms with Crippen LogP contribution in [0, 0.1) is 0 Å². The van der Waals surface area contributed by atoms with Gasteiger partial charge in [0.2, 0.25) is 0 Å². The van der Waals surface area contributed by atoms with Gasteiger partial charge in [-0.05, 0) is 6.07 Å². The first-order valence-electron chi connectivity index (χ1n) is 4.43. The van der Waals surface area contributed by atoms with E-state index in [2.05, 4.69) is 4.98 Å². The lowest BCUT2D eigenvalue weighted by Gasteiger charge is -2.18. The summed E-state index contributed by atoms with van der Waals surface area (Å²) in [5.41, 5.74) is 6.13. The number of nitrogen functional groups attached to an aromatic ring is 1. The van der Waals surface area contributed by atoms with E-state index in [1.54, 1.807) is 0 Å². The number of carboxylic acid groups (broad SMARTS) is 1. The Morgan fingerprint density at radius 1 is 1.53 bits per heavy atom. The molecule has 0 aliphatic rings. The topological polar surface area (TPSA) is 76.2 Å². The van der Waals surface area contributed by atoms with Gasteiger partial charge in [-0.15, -0.1) is 0 Å². The highest BCUT2D eigenvalue weighted by molar-refractivity contribution is 6.89. The lowest BCUT2D eigenvalue weighted by atomic mass is 10.3. The van der Waals surface area contributed by atoms with E-state index in [0.717, 1.165) is 0 Å². The van der Waals surface area contributed by atoms with Crippen molar-refractivity contribution in [2.75, 3.05) is 5.73 Å². The molecular formula is C9H13ClN2O2Si. The number of nitrogens with two attached hydrogens (primary N) is 1. The quantitative estimate of drug-likeness (QED) is 0.775. The molecule has 1 aromatic heterocycles. The van der Waals surface area contributed by atoms with Gasteiger partial charge in [0, 0.05) is 5.32 Å². The number of anilines is 1. The molecule has 0 radical (unpaired) electrons. The molecule has 82 valence electrons. The van der Waals surface area contributed by atoms with Crippen LogP contribution in [0.1, 0.15) is 10.5 Å². The van der Waals surface area contributed by atoms with E-state index in [1.165, 1.54) is 6.07 Å². The lowest BCUT2D eigenvalue weighted by molar-refractivity contribution is 0.0691. The molecule has 15 heavy (non-hydrogen) atoms. The lowest BCUT2D eigenvalue weighted by Crippen LogP contribution is -2.42. The van der Waals surface area contributed by atoms with Crippen LogP contribution >= 0.6 is 11.6 Å². The Morgan fingerprint density at radius 3 is 2.47 bits per heavy atom. The van der Waals surface area contributed by atoms with E-state index in [0.29, 0.717) is 11.0 Å². The predicted molar refractivity (Wildman–Crippen MR) is 63.6 cm³/mol. The van der Waals surface area contributed by atoms with Gasteiger partial charge in [0.05, 0.1) is 10.7 Å². The minimum atomic E-state index is -1.74. The molecule has 0 saturated carbocycles. The summed E-state index contributed by atoms with van der Waals surface area (Å²) in [7, 11) is -1.74. The molecule has 1 heterocycles. The number of pyridine rings is 1. The van der Waals surface area contributed by atoms with Crippen LogP contribution in [0.25, 0.3) is 0 Å². The summed E-state index contributed by atoms with van der Waals surface area (Å²) in [6.45, 7) is 6.14. The predicted octanol–water partition coefficient (Wildman–Crippen LogP) is 1.56. The van der Waals surface area contributed by atoms with Crippen molar-refractivity contribution in [3.63, 3.8) is 0 Å². The minimum absolute atomic E-state index is 0.0852. The number of hydrogen-bond donors (Lipinski definition) is 2. The number of carboxylic acids is 1. The van der Waals surface area contributed by atoms with Gasteiger partial charge >= 0.3 is 5.97 Å². The van der Waals surface area contributed by atoms with Crippen LogP contribution in [-0.2, 0) is 0 Å². The second-order valence-corrected chi connectivity index (χ2v) is 9.69. The van der Waals surface area contributed by atoms with Crippen LogP contribution in [0.5, 0.6) is 0 Å². The van der Waals surface area contributed by atoms with Gasteiger partial charge in [0.15, 0.2) is 5.69 Å². The highest BCUT2D eigenvalue weighted by Gasteiger charge is 2.24. The molecule has 0 aromatic carbocycles. The number of aromatic carboxylic acids is 1. The van der Waals surface area contributed by atoms with E-state index in [-0.39, 0.29) is 10.7 Å². The molecule has 0 aliphatic carbocycles. The SMILES string of the molecule is C[Si](C)(C)c1nc(C(=O)O)c(Cl)cc1N. The van der Waals surface area contributed by atoms with Gasteiger partial charge in [0.1, 0.15) is 8.07 Å². The number of nitrogens with zero attached hydrogens (tertiary/aromatic N) is 1. The maximum atomic E-state index is 10.8. The monoisotopic (exact) mass is 244 g/mol. The van der Waals surface area contributed by atoms with Crippen LogP contribution < -0.4 is 11.1 Å². The van der Waals surface area contributed by atoms with Crippen molar-refractivity contribution in [2.24, 2.45) is 0 Å². The highest BCUT2D eigenvalue weighted by Crippen LogP contribution is 2.17. The number of hydrogen-bond acceptors (Lipinski definition) is 3. The van der Waals surface area contributed by atoms with E-state index < -0.39 is 14.0 Å². The summed E-state index contributed by atoms with van der Waals surface area (Å²) in [5.74, 6) is -1.13. The van der Waals surface area contributed by atoms with Gasteiger partial charge in [-0.3, -0.25) is 0 Å². The van der Waals surface area contributed by atoms with Crippen molar-refractivity contribution in [1.29, 1.82) is 0 Å². The van der Waals surface area contributed by atoms with E-state index >= 15 is 0 Å². The van der Waals surface area contributed by atoms with E-state index in [4.69, 9.17) is 22.4 Å².